The third kappa shape index (κ3) is 7.20. The average Bonchev–Trinajstić information content (AvgIpc) is 3.02. The van der Waals surface area contributed by atoms with E-state index >= 15 is 0 Å². The first kappa shape index (κ1) is 33.7. The maximum absolute atomic E-state index is 14.1. The van der Waals surface area contributed by atoms with Crippen molar-refractivity contribution in [1.82, 2.24) is 19.8 Å². The molecule has 0 saturated carbocycles. The summed E-state index contributed by atoms with van der Waals surface area (Å²) in [4.78, 5) is 58.1. The van der Waals surface area contributed by atoms with Crippen molar-refractivity contribution in [1.29, 1.82) is 0 Å². The molecule has 2 amide bonds. The Morgan fingerprint density at radius 3 is 2.28 bits per heavy atom. The SMILES string of the molecule is CN[C@@H](C)C(=O)Nc1ncc(-c2cccc(C(=O)N(C)C)c2C)n(Cc2cc(C(=O)c3ccc(F)cc3)cc(C(F)(F)F)c2)c1=O. The zero-order chi connectivity index (χ0) is 33.9. The summed E-state index contributed by atoms with van der Waals surface area (Å²) in [6, 6.07) is 11.2. The second kappa shape index (κ2) is 13.4. The van der Waals surface area contributed by atoms with E-state index in [0.717, 1.165) is 34.9 Å². The molecule has 0 spiro atoms. The molecule has 1 aromatic heterocycles. The van der Waals surface area contributed by atoms with Crippen LogP contribution in [0.2, 0.25) is 0 Å². The Morgan fingerprint density at radius 2 is 1.67 bits per heavy atom. The van der Waals surface area contributed by atoms with Crippen molar-refractivity contribution < 1.29 is 31.9 Å². The van der Waals surface area contributed by atoms with Gasteiger partial charge in [0.25, 0.3) is 11.5 Å². The molecule has 46 heavy (non-hydrogen) atoms. The maximum atomic E-state index is 14.1. The Kier molecular flexibility index (Phi) is 9.86. The number of hydrogen-bond acceptors (Lipinski definition) is 6. The largest absolute Gasteiger partial charge is 0.416 e. The number of benzene rings is 3. The molecule has 240 valence electrons. The molecule has 9 nitrogen and oxygen atoms in total. The number of halogens is 4. The normalized spacial score (nSPS) is 12.0. The van der Waals surface area contributed by atoms with Gasteiger partial charge in [0.2, 0.25) is 5.91 Å². The van der Waals surface area contributed by atoms with Crippen LogP contribution in [0.4, 0.5) is 23.4 Å². The van der Waals surface area contributed by atoms with Crippen molar-refractivity contribution >= 4 is 23.4 Å². The van der Waals surface area contributed by atoms with Crippen LogP contribution in [0.5, 0.6) is 0 Å². The summed E-state index contributed by atoms with van der Waals surface area (Å²) in [5.41, 5.74) is -1.03. The fourth-order valence-electron chi connectivity index (χ4n) is 4.72. The number of hydrogen-bond donors (Lipinski definition) is 2. The highest BCUT2D eigenvalue weighted by atomic mass is 19.4. The molecular formula is C33H31F4N5O4. The number of carbonyl (C=O) groups excluding carboxylic acids is 3. The first-order valence-electron chi connectivity index (χ1n) is 14.0. The molecule has 0 bridgehead atoms. The van der Waals surface area contributed by atoms with Gasteiger partial charge in [-0.25, -0.2) is 9.37 Å². The molecule has 1 atom stereocenters. The Hall–Kier alpha value is -5.17. The van der Waals surface area contributed by atoms with Gasteiger partial charge in [0.15, 0.2) is 11.6 Å². The van der Waals surface area contributed by atoms with Crippen molar-refractivity contribution in [3.05, 3.63) is 116 Å². The number of nitrogens with zero attached hydrogens (tertiary/aromatic N) is 3. The topological polar surface area (TPSA) is 113 Å². The number of alkyl halides is 3. The molecule has 0 radical (unpaired) electrons. The second-order valence-electron chi connectivity index (χ2n) is 10.8. The summed E-state index contributed by atoms with van der Waals surface area (Å²) in [5.74, 6) is -2.66. The van der Waals surface area contributed by atoms with Crippen molar-refractivity contribution in [2.45, 2.75) is 32.6 Å². The third-order valence-electron chi connectivity index (χ3n) is 7.40. The number of rotatable bonds is 9. The van der Waals surface area contributed by atoms with Crippen LogP contribution in [0, 0.1) is 12.7 Å². The Bertz CT molecular complexity index is 1870. The van der Waals surface area contributed by atoms with Crippen LogP contribution in [0.3, 0.4) is 0 Å². The summed E-state index contributed by atoms with van der Waals surface area (Å²) < 4.78 is 56.8. The minimum atomic E-state index is -4.85. The van der Waals surface area contributed by atoms with Gasteiger partial charge in [-0.3, -0.25) is 23.7 Å². The fourth-order valence-corrected chi connectivity index (χ4v) is 4.72. The van der Waals surface area contributed by atoms with E-state index in [9.17, 15) is 36.7 Å². The highest BCUT2D eigenvalue weighted by Gasteiger charge is 2.32. The number of amides is 2. The van der Waals surface area contributed by atoms with Gasteiger partial charge >= 0.3 is 6.18 Å². The van der Waals surface area contributed by atoms with E-state index in [0.29, 0.717) is 22.8 Å². The van der Waals surface area contributed by atoms with Gasteiger partial charge in [-0.2, -0.15) is 13.2 Å². The van der Waals surface area contributed by atoms with Crippen molar-refractivity contribution in [2.24, 2.45) is 0 Å². The Labute approximate surface area is 261 Å². The lowest BCUT2D eigenvalue weighted by Crippen LogP contribution is -2.38. The summed E-state index contributed by atoms with van der Waals surface area (Å²) in [7, 11) is 4.70. The van der Waals surface area contributed by atoms with Gasteiger partial charge in [0, 0.05) is 36.3 Å². The molecule has 4 aromatic rings. The molecule has 4 rings (SSSR count). The molecule has 0 unspecified atom stereocenters. The highest BCUT2D eigenvalue weighted by molar-refractivity contribution is 6.09. The van der Waals surface area contributed by atoms with Crippen LogP contribution >= 0.6 is 0 Å². The fraction of sp³-hybridized carbons (Fsp3) is 0.242. The molecule has 3 aromatic carbocycles. The lowest BCUT2D eigenvalue weighted by atomic mass is 9.97. The van der Waals surface area contributed by atoms with Gasteiger partial charge in [-0.15, -0.1) is 0 Å². The minimum absolute atomic E-state index is 0.0323. The highest BCUT2D eigenvalue weighted by Crippen LogP contribution is 2.32. The first-order valence-corrected chi connectivity index (χ1v) is 14.0. The van der Waals surface area contributed by atoms with E-state index in [4.69, 9.17) is 0 Å². The maximum Gasteiger partial charge on any atom is 0.416 e. The van der Waals surface area contributed by atoms with Crippen LogP contribution < -0.4 is 16.2 Å². The average molecular weight is 638 g/mol. The molecule has 0 aliphatic heterocycles. The molecule has 13 heteroatoms. The molecule has 0 aliphatic rings. The third-order valence-corrected chi connectivity index (χ3v) is 7.40. The molecule has 0 saturated heterocycles. The predicted octanol–water partition coefficient (Wildman–Crippen LogP) is 4.90. The number of aromatic nitrogens is 2. The monoisotopic (exact) mass is 637 g/mol. The van der Waals surface area contributed by atoms with E-state index < -0.39 is 47.4 Å². The van der Waals surface area contributed by atoms with Crippen LogP contribution in [-0.2, 0) is 17.5 Å². The van der Waals surface area contributed by atoms with Crippen LogP contribution in [0.1, 0.15) is 49.9 Å². The number of anilines is 1. The summed E-state index contributed by atoms with van der Waals surface area (Å²) in [6.45, 7) is 2.75. The predicted molar refractivity (Wildman–Crippen MR) is 164 cm³/mol. The molecule has 0 fully saturated rings. The first-order chi connectivity index (χ1) is 21.6. The van der Waals surface area contributed by atoms with E-state index in [2.05, 4.69) is 15.6 Å². The van der Waals surface area contributed by atoms with Gasteiger partial charge in [0.05, 0.1) is 30.0 Å². The Balaban J connectivity index is 1.93. The van der Waals surface area contributed by atoms with E-state index in [1.165, 1.54) is 17.2 Å². The number of likely N-dealkylation sites (N-methyl/N-ethyl adjacent to an activating group) is 1. The lowest BCUT2D eigenvalue weighted by Gasteiger charge is -2.20. The lowest BCUT2D eigenvalue weighted by molar-refractivity contribution is -0.137. The molecule has 2 N–H and O–H groups in total. The smallest absolute Gasteiger partial charge is 0.345 e. The number of carbonyl (C=O) groups is 3. The molecule has 1 heterocycles. The van der Waals surface area contributed by atoms with Gasteiger partial charge in [-0.05, 0) is 80.6 Å². The van der Waals surface area contributed by atoms with E-state index in [1.807, 2.05) is 0 Å². The number of nitrogens with one attached hydrogen (secondary N) is 2. The number of ketones is 1. The van der Waals surface area contributed by atoms with Gasteiger partial charge in [0.1, 0.15) is 5.82 Å². The van der Waals surface area contributed by atoms with Crippen LogP contribution in [-0.4, -0.2) is 59.2 Å². The van der Waals surface area contributed by atoms with E-state index in [1.54, 1.807) is 53.2 Å². The van der Waals surface area contributed by atoms with Crippen LogP contribution in [0.15, 0.2) is 71.7 Å². The van der Waals surface area contributed by atoms with Gasteiger partial charge in [-0.1, -0.05) is 12.1 Å². The van der Waals surface area contributed by atoms with Gasteiger partial charge < -0.3 is 15.5 Å². The second-order valence-corrected chi connectivity index (χ2v) is 10.8. The molecular weight excluding hydrogens is 606 g/mol. The summed E-state index contributed by atoms with van der Waals surface area (Å²) in [6.07, 6.45) is -3.56. The minimum Gasteiger partial charge on any atom is -0.345 e. The zero-order valence-electron chi connectivity index (χ0n) is 25.6. The molecule has 0 aliphatic carbocycles. The van der Waals surface area contributed by atoms with Crippen molar-refractivity contribution in [3.8, 4) is 11.3 Å². The standard InChI is InChI=1S/C33H31F4N5O4/c1-18-25(7-6-8-26(18)31(45)41(4)5)27-16-39-29(40-30(44)19(2)38-3)32(46)42(27)17-20-13-22(15-23(14-20)33(35,36)37)28(43)21-9-11-24(34)12-10-21/h6-16,19,38H,17H2,1-5H3,(H,39,40,44)/t19-/m0/s1. The zero-order valence-corrected chi connectivity index (χ0v) is 25.6. The summed E-state index contributed by atoms with van der Waals surface area (Å²) in [5, 5.41) is 5.18. The summed E-state index contributed by atoms with van der Waals surface area (Å²) >= 11 is 0. The van der Waals surface area contributed by atoms with E-state index in [-0.39, 0.29) is 34.1 Å². The Morgan fingerprint density at radius 1 is 1.00 bits per heavy atom. The quantitative estimate of drug-likeness (QED) is 0.199. The van der Waals surface area contributed by atoms with Crippen molar-refractivity contribution in [3.63, 3.8) is 0 Å². The van der Waals surface area contributed by atoms with Crippen molar-refractivity contribution in [2.75, 3.05) is 26.5 Å². The van der Waals surface area contributed by atoms with Crippen LogP contribution in [0.25, 0.3) is 11.3 Å².